The normalized spacial score (nSPS) is 10.3. The molecular formula is C12H10ClNO. The Morgan fingerprint density at radius 3 is 2.73 bits per heavy atom. The monoisotopic (exact) mass is 219 g/mol. The summed E-state index contributed by atoms with van der Waals surface area (Å²) in [5.74, 6) is -0.0365. The molecule has 0 saturated heterocycles. The highest BCUT2D eigenvalue weighted by Gasteiger charge is 2.10. The molecule has 0 aliphatic rings. The molecule has 0 fully saturated rings. The van der Waals surface area contributed by atoms with Crippen LogP contribution in [0.5, 0.6) is 0 Å². The fraction of sp³-hybridized carbons (Fsp3) is 0.0833. The van der Waals surface area contributed by atoms with Gasteiger partial charge in [0.1, 0.15) is 0 Å². The third kappa shape index (κ3) is 2.10. The minimum atomic E-state index is -0.0365. The lowest BCUT2D eigenvalue weighted by Gasteiger charge is -2.01. The molecule has 0 bridgehead atoms. The van der Waals surface area contributed by atoms with Gasteiger partial charge in [-0.15, -0.1) is 0 Å². The quantitative estimate of drug-likeness (QED) is 0.773. The Bertz CT molecular complexity index is 468. The molecule has 0 unspecified atom stereocenters. The topological polar surface area (TPSA) is 32.9 Å². The molecule has 2 nitrogen and oxygen atoms in total. The van der Waals surface area contributed by atoms with Crippen molar-refractivity contribution in [2.75, 3.05) is 0 Å². The zero-order valence-electron chi connectivity index (χ0n) is 8.25. The van der Waals surface area contributed by atoms with E-state index in [0.717, 1.165) is 5.56 Å². The summed E-state index contributed by atoms with van der Waals surface area (Å²) in [5, 5.41) is 0.588. The van der Waals surface area contributed by atoms with E-state index in [4.69, 9.17) is 11.6 Å². The van der Waals surface area contributed by atoms with Crippen molar-refractivity contribution in [3.8, 4) is 0 Å². The predicted octanol–water partition coefficient (Wildman–Crippen LogP) is 3.21. The van der Waals surface area contributed by atoms with E-state index in [2.05, 4.69) is 4.98 Å². The molecule has 0 atom stereocenters. The van der Waals surface area contributed by atoms with Crippen LogP contribution in [-0.2, 0) is 0 Å². The Morgan fingerprint density at radius 1 is 1.33 bits per heavy atom. The third-order valence-electron chi connectivity index (χ3n) is 2.15. The molecule has 2 rings (SSSR count). The maximum absolute atomic E-state index is 11.9. The number of hydrogen-bond acceptors (Lipinski definition) is 1. The molecule has 1 heterocycles. The van der Waals surface area contributed by atoms with E-state index >= 15 is 0 Å². The summed E-state index contributed by atoms with van der Waals surface area (Å²) in [4.78, 5) is 14.8. The predicted molar refractivity (Wildman–Crippen MR) is 60.4 cm³/mol. The second-order valence-corrected chi connectivity index (χ2v) is 3.87. The fourth-order valence-corrected chi connectivity index (χ4v) is 1.78. The average Bonchev–Trinajstić information content (AvgIpc) is 2.67. The number of ketones is 1. The summed E-state index contributed by atoms with van der Waals surface area (Å²) in [6, 6.07) is 8.88. The van der Waals surface area contributed by atoms with E-state index in [9.17, 15) is 4.79 Å². The molecule has 1 aromatic heterocycles. The van der Waals surface area contributed by atoms with Crippen molar-refractivity contribution in [2.24, 2.45) is 0 Å². The van der Waals surface area contributed by atoms with Gasteiger partial charge >= 0.3 is 0 Å². The zero-order valence-corrected chi connectivity index (χ0v) is 9.01. The van der Waals surface area contributed by atoms with Crippen molar-refractivity contribution in [1.29, 1.82) is 0 Å². The van der Waals surface area contributed by atoms with Crippen molar-refractivity contribution >= 4 is 17.4 Å². The van der Waals surface area contributed by atoms with Crippen molar-refractivity contribution in [3.63, 3.8) is 0 Å². The number of aryl methyl sites for hydroxylation is 1. The van der Waals surface area contributed by atoms with Gasteiger partial charge in [-0.25, -0.2) is 0 Å². The smallest absolute Gasteiger partial charge is 0.209 e. The van der Waals surface area contributed by atoms with Gasteiger partial charge in [0.2, 0.25) is 5.78 Å². The lowest BCUT2D eigenvalue weighted by Crippen LogP contribution is -2.01. The molecule has 1 aromatic carbocycles. The highest BCUT2D eigenvalue weighted by Crippen LogP contribution is 2.17. The molecule has 0 spiro atoms. The van der Waals surface area contributed by atoms with Crippen LogP contribution >= 0.6 is 11.6 Å². The SMILES string of the molecule is Cc1cc(Cl)cc(C(=O)c2ccc[nH]2)c1. The van der Waals surface area contributed by atoms with Crippen molar-refractivity contribution < 1.29 is 4.79 Å². The van der Waals surface area contributed by atoms with Crippen molar-refractivity contribution in [1.82, 2.24) is 4.98 Å². The molecular weight excluding hydrogens is 210 g/mol. The number of rotatable bonds is 2. The number of hydrogen-bond donors (Lipinski definition) is 1. The average molecular weight is 220 g/mol. The number of carbonyl (C=O) groups excluding carboxylic acids is 1. The van der Waals surface area contributed by atoms with Crippen LogP contribution in [0.15, 0.2) is 36.5 Å². The molecule has 0 saturated carbocycles. The van der Waals surface area contributed by atoms with E-state index in [-0.39, 0.29) is 5.78 Å². The summed E-state index contributed by atoms with van der Waals surface area (Å²) in [6.07, 6.45) is 1.73. The Balaban J connectivity index is 2.42. The summed E-state index contributed by atoms with van der Waals surface area (Å²) in [7, 11) is 0. The maximum Gasteiger partial charge on any atom is 0.209 e. The van der Waals surface area contributed by atoms with E-state index in [1.54, 1.807) is 24.4 Å². The molecule has 3 heteroatoms. The van der Waals surface area contributed by atoms with Crippen molar-refractivity contribution in [3.05, 3.63) is 58.4 Å². The number of H-pyrrole nitrogens is 1. The van der Waals surface area contributed by atoms with Crippen LogP contribution in [0.1, 0.15) is 21.6 Å². The van der Waals surface area contributed by atoms with Crippen LogP contribution < -0.4 is 0 Å². The molecule has 1 N–H and O–H groups in total. The van der Waals surface area contributed by atoms with Gasteiger partial charge in [0.25, 0.3) is 0 Å². The first-order valence-electron chi connectivity index (χ1n) is 4.62. The highest BCUT2D eigenvalue weighted by molar-refractivity contribution is 6.31. The van der Waals surface area contributed by atoms with Crippen molar-refractivity contribution in [2.45, 2.75) is 6.92 Å². The minimum Gasteiger partial charge on any atom is -0.359 e. The van der Waals surface area contributed by atoms with Gasteiger partial charge in [-0.1, -0.05) is 11.6 Å². The van der Waals surface area contributed by atoms with E-state index < -0.39 is 0 Å². The first-order valence-corrected chi connectivity index (χ1v) is 5.00. The van der Waals surface area contributed by atoms with Crippen LogP contribution in [0.3, 0.4) is 0 Å². The summed E-state index contributed by atoms with van der Waals surface area (Å²) >= 11 is 5.89. The largest absolute Gasteiger partial charge is 0.359 e. The van der Waals surface area contributed by atoms with Gasteiger partial charge in [-0.2, -0.15) is 0 Å². The lowest BCUT2D eigenvalue weighted by atomic mass is 10.1. The first-order chi connectivity index (χ1) is 7.16. The molecule has 76 valence electrons. The second kappa shape index (κ2) is 3.91. The Hall–Kier alpha value is -1.54. The van der Waals surface area contributed by atoms with Gasteiger partial charge < -0.3 is 4.98 Å². The maximum atomic E-state index is 11.9. The number of benzene rings is 1. The van der Waals surface area contributed by atoms with Gasteiger partial charge in [0.15, 0.2) is 0 Å². The second-order valence-electron chi connectivity index (χ2n) is 3.43. The molecule has 0 aliphatic carbocycles. The van der Waals surface area contributed by atoms with Gasteiger partial charge in [0, 0.05) is 16.8 Å². The summed E-state index contributed by atoms with van der Waals surface area (Å²) in [6.45, 7) is 1.91. The number of carbonyl (C=O) groups is 1. The highest BCUT2D eigenvalue weighted by atomic mass is 35.5. The standard InChI is InChI=1S/C12H10ClNO/c1-8-5-9(7-10(13)6-8)12(15)11-3-2-4-14-11/h2-7,14H,1H3. The van der Waals surface area contributed by atoms with E-state index in [1.807, 2.05) is 19.1 Å². The van der Waals surface area contributed by atoms with Gasteiger partial charge in [0.05, 0.1) is 5.69 Å². The van der Waals surface area contributed by atoms with Crippen LogP contribution in [0.2, 0.25) is 5.02 Å². The van der Waals surface area contributed by atoms with E-state index in [0.29, 0.717) is 16.3 Å². The van der Waals surface area contributed by atoms with Crippen LogP contribution in [0.4, 0.5) is 0 Å². The van der Waals surface area contributed by atoms with Crippen LogP contribution in [0, 0.1) is 6.92 Å². The Labute approximate surface area is 92.9 Å². The molecule has 2 aromatic rings. The van der Waals surface area contributed by atoms with Gasteiger partial charge in [-0.3, -0.25) is 4.79 Å². The lowest BCUT2D eigenvalue weighted by molar-refractivity contribution is 0.103. The first kappa shape index (κ1) is 9.99. The molecule has 0 radical (unpaired) electrons. The number of nitrogens with one attached hydrogen (secondary N) is 1. The Morgan fingerprint density at radius 2 is 2.13 bits per heavy atom. The Kier molecular flexibility index (Phi) is 2.60. The zero-order chi connectivity index (χ0) is 10.8. The van der Waals surface area contributed by atoms with Crippen LogP contribution in [0.25, 0.3) is 0 Å². The minimum absolute atomic E-state index is 0.0365. The molecule has 15 heavy (non-hydrogen) atoms. The number of aromatic nitrogens is 1. The summed E-state index contributed by atoms with van der Waals surface area (Å²) < 4.78 is 0. The number of aromatic amines is 1. The van der Waals surface area contributed by atoms with Gasteiger partial charge in [-0.05, 0) is 42.8 Å². The van der Waals surface area contributed by atoms with Crippen LogP contribution in [-0.4, -0.2) is 10.8 Å². The fourth-order valence-electron chi connectivity index (χ4n) is 1.49. The molecule has 0 aliphatic heterocycles. The number of halogens is 1. The third-order valence-corrected chi connectivity index (χ3v) is 2.37. The summed E-state index contributed by atoms with van der Waals surface area (Å²) in [5.41, 5.74) is 2.18. The van der Waals surface area contributed by atoms with E-state index in [1.165, 1.54) is 0 Å². The molecule has 0 amide bonds.